The first-order valence-corrected chi connectivity index (χ1v) is 11.9. The summed E-state index contributed by atoms with van der Waals surface area (Å²) in [6, 6.07) is 20.1. The normalized spacial score (nSPS) is 15.7. The van der Waals surface area contributed by atoms with Gasteiger partial charge in [-0.15, -0.1) is 25.6 Å². The fraction of sp³-hybridized carbons (Fsp3) is 0.192. The Kier molecular flexibility index (Phi) is 9.65. The molecule has 1 aliphatic rings. The molecule has 38 heavy (non-hydrogen) atoms. The van der Waals surface area contributed by atoms with E-state index in [9.17, 15) is 27.6 Å². The lowest BCUT2D eigenvalue weighted by Gasteiger charge is -2.20. The molecule has 1 N–H and O–H groups in total. The zero-order chi connectivity index (χ0) is 26.4. The number of carbonyl (C=O) groups is 3. The average Bonchev–Trinajstić information content (AvgIpc) is 3.18. The summed E-state index contributed by atoms with van der Waals surface area (Å²) in [7, 11) is 0. The molecule has 0 spiro atoms. The predicted octanol–water partition coefficient (Wildman–Crippen LogP) is 5.88. The van der Waals surface area contributed by atoms with E-state index in [0.717, 1.165) is 29.5 Å². The Labute approximate surface area is 226 Å². The first kappa shape index (κ1) is 28.9. The second-order valence-electron chi connectivity index (χ2n) is 7.92. The Morgan fingerprint density at radius 3 is 2.13 bits per heavy atom. The number of alkyl halides is 3. The Hall–Kier alpha value is -3.70. The second-order valence-corrected chi connectivity index (χ2v) is 9.09. The summed E-state index contributed by atoms with van der Waals surface area (Å²) in [4.78, 5) is 35.7. The van der Waals surface area contributed by atoms with Gasteiger partial charge in [-0.1, -0.05) is 54.2 Å². The van der Waals surface area contributed by atoms with Gasteiger partial charge in [0.05, 0.1) is 10.8 Å². The highest BCUT2D eigenvalue weighted by Crippen LogP contribution is 2.28. The van der Waals surface area contributed by atoms with Crippen LogP contribution in [0, 0.1) is 0 Å². The van der Waals surface area contributed by atoms with E-state index in [2.05, 4.69) is 10.1 Å². The smallest absolute Gasteiger partial charge is 0.489 e. The molecule has 1 fully saturated rings. The standard InChI is InChI=1S/C26H20F3NO6S.ClH/c27-26(28,29)36-20-12-8-17(9-13-20)21(35-24(32)18-4-2-1-3-5-18)15-34-19-10-6-16(7-11-19)14-22-23(31)30-25(33)37-22;/h1-13,21-22H,14-15H2,(H,30,31,33);1H/t21-,22?;/m1./s1. The highest BCUT2D eigenvalue weighted by atomic mass is 35.5. The van der Waals surface area contributed by atoms with Gasteiger partial charge in [-0.05, 0) is 53.9 Å². The lowest BCUT2D eigenvalue weighted by Crippen LogP contribution is -2.25. The molecule has 2 atom stereocenters. The van der Waals surface area contributed by atoms with Crippen LogP contribution in [0.3, 0.4) is 0 Å². The van der Waals surface area contributed by atoms with Gasteiger partial charge in [0.1, 0.15) is 18.1 Å². The van der Waals surface area contributed by atoms with Crippen molar-refractivity contribution in [2.24, 2.45) is 0 Å². The zero-order valence-electron chi connectivity index (χ0n) is 19.5. The fourth-order valence-electron chi connectivity index (χ4n) is 3.49. The zero-order valence-corrected chi connectivity index (χ0v) is 21.1. The van der Waals surface area contributed by atoms with E-state index in [1.807, 2.05) is 0 Å². The maximum Gasteiger partial charge on any atom is 0.573 e. The Morgan fingerprint density at radius 1 is 0.921 bits per heavy atom. The van der Waals surface area contributed by atoms with Crippen molar-refractivity contribution < 1.29 is 41.8 Å². The predicted molar refractivity (Wildman–Crippen MR) is 136 cm³/mol. The van der Waals surface area contributed by atoms with Gasteiger partial charge in [-0.2, -0.15) is 0 Å². The Bertz CT molecular complexity index is 1260. The lowest BCUT2D eigenvalue weighted by molar-refractivity contribution is -0.274. The molecule has 3 aromatic carbocycles. The van der Waals surface area contributed by atoms with Crippen molar-refractivity contribution in [3.05, 3.63) is 95.6 Å². The topological polar surface area (TPSA) is 90.9 Å². The van der Waals surface area contributed by atoms with E-state index in [1.54, 1.807) is 54.6 Å². The molecule has 1 aliphatic heterocycles. The molecule has 0 bridgehead atoms. The summed E-state index contributed by atoms with van der Waals surface area (Å²) >= 11 is 0.942. The molecule has 1 saturated heterocycles. The Balaban J connectivity index is 0.00000400. The van der Waals surface area contributed by atoms with Crippen LogP contribution in [-0.2, 0) is 16.0 Å². The molecule has 0 saturated carbocycles. The molecule has 12 heteroatoms. The molecule has 200 valence electrons. The van der Waals surface area contributed by atoms with Gasteiger partial charge in [0.15, 0.2) is 6.10 Å². The highest BCUT2D eigenvalue weighted by Gasteiger charge is 2.32. The number of carbonyl (C=O) groups excluding carboxylic acids is 3. The number of esters is 1. The molecule has 1 heterocycles. The molecule has 0 radical (unpaired) electrons. The van der Waals surface area contributed by atoms with E-state index >= 15 is 0 Å². The van der Waals surface area contributed by atoms with Gasteiger partial charge < -0.3 is 14.2 Å². The number of benzene rings is 3. The summed E-state index contributed by atoms with van der Waals surface area (Å²) in [5, 5.41) is 1.38. The summed E-state index contributed by atoms with van der Waals surface area (Å²) < 4.78 is 52.8. The number of nitrogens with one attached hydrogen (secondary N) is 1. The van der Waals surface area contributed by atoms with Crippen molar-refractivity contribution in [2.45, 2.75) is 24.1 Å². The fourth-order valence-corrected chi connectivity index (χ4v) is 4.35. The molecule has 7 nitrogen and oxygen atoms in total. The summed E-state index contributed by atoms with van der Waals surface area (Å²) in [5.41, 5.74) is 1.53. The van der Waals surface area contributed by atoms with Gasteiger partial charge in [0.2, 0.25) is 5.91 Å². The van der Waals surface area contributed by atoms with Crippen LogP contribution in [0.25, 0.3) is 0 Å². The number of rotatable bonds is 9. The van der Waals surface area contributed by atoms with Crippen molar-refractivity contribution in [3.8, 4) is 11.5 Å². The third kappa shape index (κ3) is 8.15. The van der Waals surface area contributed by atoms with Crippen LogP contribution in [-0.4, -0.2) is 35.3 Å². The molecule has 1 unspecified atom stereocenters. The first-order valence-electron chi connectivity index (χ1n) is 11.0. The van der Waals surface area contributed by atoms with Crippen LogP contribution in [0.1, 0.15) is 27.6 Å². The van der Waals surface area contributed by atoms with Gasteiger partial charge >= 0.3 is 12.3 Å². The van der Waals surface area contributed by atoms with E-state index in [-0.39, 0.29) is 30.2 Å². The molecule has 2 amide bonds. The van der Waals surface area contributed by atoms with Crippen LogP contribution in [0.5, 0.6) is 11.5 Å². The third-order valence-electron chi connectivity index (χ3n) is 5.26. The number of ether oxygens (including phenoxy) is 3. The van der Waals surface area contributed by atoms with E-state index in [4.69, 9.17) is 9.47 Å². The van der Waals surface area contributed by atoms with Gasteiger partial charge in [-0.25, -0.2) is 4.79 Å². The number of thioether (sulfide) groups is 1. The summed E-state index contributed by atoms with van der Waals surface area (Å²) in [6.45, 7) is -0.118. The lowest BCUT2D eigenvalue weighted by atomic mass is 10.1. The van der Waals surface area contributed by atoms with Crippen molar-refractivity contribution in [2.75, 3.05) is 6.61 Å². The number of halogens is 4. The van der Waals surface area contributed by atoms with Crippen molar-refractivity contribution in [1.29, 1.82) is 0 Å². The number of hydrogen-bond donors (Lipinski definition) is 1. The first-order chi connectivity index (χ1) is 17.7. The number of hydrogen-bond acceptors (Lipinski definition) is 7. The SMILES string of the molecule is Cl.O=C1NC(=O)C(Cc2ccc(OC[C@@H](OC(=O)c3ccccc3)c3ccc(OC(F)(F)F)cc3)cc2)S1. The van der Waals surface area contributed by atoms with Crippen LogP contribution in [0.4, 0.5) is 18.0 Å². The van der Waals surface area contributed by atoms with E-state index in [0.29, 0.717) is 23.3 Å². The van der Waals surface area contributed by atoms with E-state index in [1.165, 1.54) is 12.1 Å². The number of imide groups is 1. The van der Waals surface area contributed by atoms with Crippen LogP contribution in [0.2, 0.25) is 0 Å². The van der Waals surface area contributed by atoms with Gasteiger partial charge in [0, 0.05) is 0 Å². The van der Waals surface area contributed by atoms with Crippen LogP contribution < -0.4 is 14.8 Å². The Morgan fingerprint density at radius 2 is 1.55 bits per heavy atom. The van der Waals surface area contributed by atoms with Crippen molar-refractivity contribution in [1.82, 2.24) is 5.32 Å². The third-order valence-corrected chi connectivity index (χ3v) is 6.24. The molecule has 0 aliphatic carbocycles. The molecule has 4 rings (SSSR count). The minimum absolute atomic E-state index is 0. The summed E-state index contributed by atoms with van der Waals surface area (Å²) in [5.74, 6) is -0.912. The van der Waals surface area contributed by atoms with Crippen molar-refractivity contribution >= 4 is 41.3 Å². The molecule has 3 aromatic rings. The quantitative estimate of drug-likeness (QED) is 0.323. The van der Waals surface area contributed by atoms with Gasteiger partial charge in [-0.3, -0.25) is 14.9 Å². The van der Waals surface area contributed by atoms with Crippen LogP contribution in [0.15, 0.2) is 78.9 Å². The highest BCUT2D eigenvalue weighted by molar-refractivity contribution is 8.15. The molecular weight excluding hydrogens is 547 g/mol. The average molecular weight is 568 g/mol. The second kappa shape index (κ2) is 12.7. The monoisotopic (exact) mass is 567 g/mol. The number of amides is 2. The molecule has 0 aromatic heterocycles. The van der Waals surface area contributed by atoms with Crippen LogP contribution >= 0.6 is 24.2 Å². The van der Waals surface area contributed by atoms with E-state index < -0.39 is 29.4 Å². The minimum Gasteiger partial charge on any atom is -0.489 e. The molecular formula is C26H21ClF3NO6S. The maximum absolute atomic E-state index is 12.6. The minimum atomic E-state index is -4.83. The van der Waals surface area contributed by atoms with Gasteiger partial charge in [0.25, 0.3) is 5.24 Å². The maximum atomic E-state index is 12.6. The summed E-state index contributed by atoms with van der Waals surface area (Å²) in [6.07, 6.45) is -5.39. The van der Waals surface area contributed by atoms with Crippen molar-refractivity contribution in [3.63, 3.8) is 0 Å². The largest absolute Gasteiger partial charge is 0.573 e.